The van der Waals surface area contributed by atoms with Crippen LogP contribution >= 0.6 is 0 Å². The monoisotopic (exact) mass is 436 g/mol. The van der Waals surface area contributed by atoms with Crippen LogP contribution in [0.1, 0.15) is 18.4 Å². The van der Waals surface area contributed by atoms with Gasteiger partial charge in [0, 0.05) is 36.8 Å². The second-order valence-corrected chi connectivity index (χ2v) is 9.21. The molecule has 31 heavy (non-hydrogen) atoms. The van der Waals surface area contributed by atoms with Crippen molar-refractivity contribution in [1.29, 1.82) is 0 Å². The van der Waals surface area contributed by atoms with Gasteiger partial charge in [-0.05, 0) is 42.7 Å². The summed E-state index contributed by atoms with van der Waals surface area (Å²) in [5.74, 6) is -0.341. The van der Waals surface area contributed by atoms with E-state index < -0.39 is 10.0 Å². The highest BCUT2D eigenvalue weighted by molar-refractivity contribution is 7.92. The molecule has 7 nitrogen and oxygen atoms in total. The molecule has 0 spiro atoms. The summed E-state index contributed by atoms with van der Waals surface area (Å²) in [6.07, 6.45) is 6.06. The zero-order valence-electron chi connectivity index (χ0n) is 17.0. The number of hydrogen-bond acceptors (Lipinski definition) is 4. The van der Waals surface area contributed by atoms with Crippen LogP contribution in [0.25, 0.3) is 11.8 Å². The lowest BCUT2D eigenvalue weighted by Crippen LogP contribution is -2.40. The van der Waals surface area contributed by atoms with Crippen molar-refractivity contribution in [3.8, 4) is 5.69 Å². The van der Waals surface area contributed by atoms with Crippen molar-refractivity contribution in [1.82, 2.24) is 14.1 Å². The molecule has 0 radical (unpaired) electrons. The maximum absolute atomic E-state index is 12.8. The van der Waals surface area contributed by atoms with Crippen LogP contribution in [0, 0.1) is 5.92 Å². The highest BCUT2D eigenvalue weighted by Gasteiger charge is 2.30. The summed E-state index contributed by atoms with van der Waals surface area (Å²) < 4.78 is 28.4. The number of piperidine rings is 1. The zero-order valence-corrected chi connectivity index (χ0v) is 17.8. The number of para-hydroxylation sites is 2. The van der Waals surface area contributed by atoms with Gasteiger partial charge in [0.05, 0.1) is 11.4 Å². The lowest BCUT2D eigenvalue weighted by Gasteiger charge is -2.29. The first kappa shape index (κ1) is 21.0. The molecule has 1 aliphatic rings. The van der Waals surface area contributed by atoms with Crippen LogP contribution < -0.4 is 5.32 Å². The Labute approximate surface area is 182 Å². The molecular weight excluding hydrogens is 412 g/mol. The quantitative estimate of drug-likeness (QED) is 0.641. The summed E-state index contributed by atoms with van der Waals surface area (Å²) in [5.41, 5.74) is 2.29. The number of hydrogen-bond donors (Lipinski definition) is 1. The Hall–Kier alpha value is -3.23. The molecule has 2 heterocycles. The number of benzene rings is 2. The predicted molar refractivity (Wildman–Crippen MR) is 121 cm³/mol. The second kappa shape index (κ2) is 9.28. The normalized spacial score (nSPS) is 15.9. The Morgan fingerprint density at radius 3 is 2.42 bits per heavy atom. The van der Waals surface area contributed by atoms with E-state index in [4.69, 9.17) is 0 Å². The Balaban J connectivity index is 1.37. The van der Waals surface area contributed by atoms with Gasteiger partial charge in [0.15, 0.2) is 0 Å². The third-order valence-electron chi connectivity index (χ3n) is 5.33. The van der Waals surface area contributed by atoms with Crippen molar-refractivity contribution < 1.29 is 13.2 Å². The van der Waals surface area contributed by atoms with Crippen molar-refractivity contribution >= 4 is 27.7 Å². The van der Waals surface area contributed by atoms with Crippen molar-refractivity contribution in [2.24, 2.45) is 5.92 Å². The maximum Gasteiger partial charge on any atom is 0.236 e. The first-order valence-corrected chi connectivity index (χ1v) is 11.7. The lowest BCUT2D eigenvalue weighted by molar-refractivity contribution is -0.120. The van der Waals surface area contributed by atoms with Crippen LogP contribution in [0.5, 0.6) is 0 Å². The number of anilines is 1. The Kier molecular flexibility index (Phi) is 6.29. The summed E-state index contributed by atoms with van der Waals surface area (Å²) in [5, 5.41) is 8.45. The van der Waals surface area contributed by atoms with E-state index in [9.17, 15) is 13.2 Å². The van der Waals surface area contributed by atoms with Crippen molar-refractivity contribution in [2.75, 3.05) is 18.4 Å². The van der Waals surface area contributed by atoms with Crippen molar-refractivity contribution in [3.05, 3.63) is 84.0 Å². The molecular formula is C23H24N4O3S. The summed E-state index contributed by atoms with van der Waals surface area (Å²) in [4.78, 5) is 12.8. The Bertz CT molecular complexity index is 1150. The number of aromatic nitrogens is 2. The van der Waals surface area contributed by atoms with Gasteiger partial charge >= 0.3 is 0 Å². The largest absolute Gasteiger partial charge is 0.324 e. The minimum atomic E-state index is -3.52. The molecule has 1 amide bonds. The van der Waals surface area contributed by atoms with Crippen LogP contribution in [0.15, 0.2) is 78.5 Å². The average Bonchev–Trinajstić information content (AvgIpc) is 3.34. The van der Waals surface area contributed by atoms with Gasteiger partial charge in [-0.15, -0.1) is 0 Å². The lowest BCUT2D eigenvalue weighted by atomic mass is 9.97. The molecule has 1 aliphatic heterocycles. The van der Waals surface area contributed by atoms with E-state index >= 15 is 0 Å². The molecule has 1 saturated heterocycles. The molecule has 0 unspecified atom stereocenters. The predicted octanol–water partition coefficient (Wildman–Crippen LogP) is 3.52. The Morgan fingerprint density at radius 2 is 1.71 bits per heavy atom. The molecule has 2 aromatic carbocycles. The van der Waals surface area contributed by atoms with Gasteiger partial charge in [-0.3, -0.25) is 4.79 Å². The smallest absolute Gasteiger partial charge is 0.236 e. The van der Waals surface area contributed by atoms with E-state index in [1.54, 1.807) is 17.0 Å². The molecule has 8 heteroatoms. The minimum Gasteiger partial charge on any atom is -0.324 e. The number of sulfonamides is 1. The number of carbonyl (C=O) groups excluding carboxylic acids is 1. The van der Waals surface area contributed by atoms with Crippen LogP contribution in [0.4, 0.5) is 5.69 Å². The zero-order chi connectivity index (χ0) is 21.7. The average molecular weight is 437 g/mol. The molecule has 1 N–H and O–H groups in total. The minimum absolute atomic E-state index is 0.100. The summed E-state index contributed by atoms with van der Waals surface area (Å²) in [6, 6.07) is 18.6. The third-order valence-corrected chi connectivity index (χ3v) is 6.89. The van der Waals surface area contributed by atoms with Gasteiger partial charge in [0.1, 0.15) is 0 Å². The van der Waals surface area contributed by atoms with E-state index in [0.717, 1.165) is 11.3 Å². The topological polar surface area (TPSA) is 84.3 Å². The van der Waals surface area contributed by atoms with Crippen LogP contribution in [-0.4, -0.2) is 41.5 Å². The standard InChI is InChI=1S/C23H24N4O3S/c28-23(25-21-9-4-5-10-22(21)27-15-6-14-24-27)20-11-16-26(17-12-20)31(29,30)18-13-19-7-2-1-3-8-19/h1-10,13-15,18,20H,11-12,16-17H2,(H,25,28)/b18-13+. The van der Waals surface area contributed by atoms with Crippen LogP contribution in [0.3, 0.4) is 0 Å². The van der Waals surface area contributed by atoms with Crippen molar-refractivity contribution in [2.45, 2.75) is 12.8 Å². The number of carbonyl (C=O) groups is 1. The molecule has 0 aliphatic carbocycles. The van der Waals surface area contributed by atoms with Gasteiger partial charge in [-0.2, -0.15) is 9.40 Å². The van der Waals surface area contributed by atoms with Gasteiger partial charge < -0.3 is 5.32 Å². The summed E-state index contributed by atoms with van der Waals surface area (Å²) >= 11 is 0. The number of nitrogens with one attached hydrogen (secondary N) is 1. The summed E-state index contributed by atoms with van der Waals surface area (Å²) in [7, 11) is -3.52. The van der Waals surface area contributed by atoms with Gasteiger partial charge in [0.2, 0.25) is 15.9 Å². The summed E-state index contributed by atoms with van der Waals surface area (Å²) in [6.45, 7) is 0.640. The highest BCUT2D eigenvalue weighted by Crippen LogP contribution is 2.24. The number of amides is 1. The SMILES string of the molecule is O=C(Nc1ccccc1-n1cccn1)C1CCN(S(=O)(=O)/C=C/c2ccccc2)CC1. The van der Waals surface area contributed by atoms with Gasteiger partial charge in [-0.25, -0.2) is 13.1 Å². The van der Waals surface area contributed by atoms with Crippen LogP contribution in [-0.2, 0) is 14.8 Å². The Morgan fingerprint density at radius 1 is 1.00 bits per heavy atom. The molecule has 160 valence electrons. The fourth-order valence-corrected chi connectivity index (χ4v) is 4.83. The van der Waals surface area contributed by atoms with E-state index in [2.05, 4.69) is 10.4 Å². The van der Waals surface area contributed by atoms with E-state index in [0.29, 0.717) is 31.6 Å². The van der Waals surface area contributed by atoms with E-state index in [1.807, 2.05) is 66.9 Å². The fourth-order valence-electron chi connectivity index (χ4n) is 3.61. The highest BCUT2D eigenvalue weighted by atomic mass is 32.2. The molecule has 3 aromatic rings. The third kappa shape index (κ3) is 5.10. The molecule has 1 aromatic heterocycles. The van der Waals surface area contributed by atoms with E-state index in [1.165, 1.54) is 9.71 Å². The molecule has 0 bridgehead atoms. The molecule has 0 atom stereocenters. The first-order valence-electron chi connectivity index (χ1n) is 10.2. The maximum atomic E-state index is 12.8. The molecule has 4 rings (SSSR count). The fraction of sp³-hybridized carbons (Fsp3) is 0.217. The molecule has 1 fully saturated rings. The first-order chi connectivity index (χ1) is 15.0. The number of nitrogens with zero attached hydrogens (tertiary/aromatic N) is 3. The van der Waals surface area contributed by atoms with Crippen LogP contribution in [0.2, 0.25) is 0 Å². The van der Waals surface area contributed by atoms with Gasteiger partial charge in [-0.1, -0.05) is 42.5 Å². The van der Waals surface area contributed by atoms with E-state index in [-0.39, 0.29) is 11.8 Å². The van der Waals surface area contributed by atoms with Gasteiger partial charge in [0.25, 0.3) is 0 Å². The van der Waals surface area contributed by atoms with Crippen molar-refractivity contribution in [3.63, 3.8) is 0 Å². The second-order valence-electron chi connectivity index (χ2n) is 7.39. The molecule has 0 saturated carbocycles. The number of rotatable bonds is 6.